The van der Waals surface area contributed by atoms with Gasteiger partial charge < -0.3 is 31.9 Å². The van der Waals surface area contributed by atoms with E-state index in [0.717, 1.165) is 5.56 Å². The molecule has 0 radical (unpaired) electrons. The quantitative estimate of drug-likeness (QED) is 0.180. The normalized spacial score (nSPS) is 19.2. The molecule has 0 spiro atoms. The SMILES string of the molecule is C=C[C@H]1CN(C(=O)[C@@H](NC(=O)NCC(=O)NCc2ccccc2)C(C)(C)C)[C@H](C(=O)NCC(=O)C(N)=O)[C@H]1C(C)C. The van der Waals surface area contributed by atoms with Gasteiger partial charge in [-0.05, 0) is 28.7 Å². The van der Waals surface area contributed by atoms with E-state index in [4.69, 9.17) is 5.73 Å². The number of benzene rings is 1. The summed E-state index contributed by atoms with van der Waals surface area (Å²) in [4.78, 5) is 76.6. The first-order chi connectivity index (χ1) is 19.2. The van der Waals surface area contributed by atoms with E-state index in [9.17, 15) is 28.8 Å². The lowest BCUT2D eigenvalue weighted by atomic mass is 9.81. The van der Waals surface area contributed by atoms with Gasteiger partial charge in [0.1, 0.15) is 12.1 Å². The van der Waals surface area contributed by atoms with Gasteiger partial charge in [-0.2, -0.15) is 0 Å². The molecular weight excluding hydrogens is 528 g/mol. The van der Waals surface area contributed by atoms with Crippen molar-refractivity contribution in [1.82, 2.24) is 26.2 Å². The largest absolute Gasteiger partial charge is 0.363 e. The first kappa shape index (κ1) is 33.0. The average Bonchev–Trinajstić information content (AvgIpc) is 3.32. The lowest BCUT2D eigenvalue weighted by Gasteiger charge is -2.36. The molecule has 4 atom stereocenters. The molecule has 6 amide bonds. The minimum absolute atomic E-state index is 0.0443. The lowest BCUT2D eigenvalue weighted by molar-refractivity contribution is -0.143. The van der Waals surface area contributed by atoms with Crippen molar-refractivity contribution in [1.29, 1.82) is 0 Å². The van der Waals surface area contributed by atoms with Gasteiger partial charge in [0, 0.05) is 13.1 Å². The molecule has 0 aliphatic carbocycles. The number of likely N-dealkylation sites (tertiary alicyclic amines) is 1. The molecule has 0 unspecified atom stereocenters. The fourth-order valence-corrected chi connectivity index (χ4v) is 4.91. The minimum atomic E-state index is -1.18. The fourth-order valence-electron chi connectivity index (χ4n) is 4.91. The maximum Gasteiger partial charge on any atom is 0.315 e. The van der Waals surface area contributed by atoms with E-state index in [2.05, 4.69) is 27.8 Å². The van der Waals surface area contributed by atoms with Crippen LogP contribution >= 0.6 is 0 Å². The van der Waals surface area contributed by atoms with Crippen LogP contribution in [-0.4, -0.2) is 72.1 Å². The maximum absolute atomic E-state index is 14.0. The Labute approximate surface area is 240 Å². The van der Waals surface area contributed by atoms with Gasteiger partial charge in [-0.3, -0.25) is 24.0 Å². The summed E-state index contributed by atoms with van der Waals surface area (Å²) in [5.41, 5.74) is 5.14. The molecule has 12 nitrogen and oxygen atoms in total. The Balaban J connectivity index is 2.16. The van der Waals surface area contributed by atoms with Crippen molar-refractivity contribution in [2.75, 3.05) is 19.6 Å². The summed E-state index contributed by atoms with van der Waals surface area (Å²) in [5.74, 6) is -4.26. The third-order valence-corrected chi connectivity index (χ3v) is 7.05. The third kappa shape index (κ3) is 9.16. The third-order valence-electron chi connectivity index (χ3n) is 7.05. The molecule has 41 heavy (non-hydrogen) atoms. The van der Waals surface area contributed by atoms with Crippen molar-refractivity contribution in [3.63, 3.8) is 0 Å². The molecule has 6 N–H and O–H groups in total. The molecule has 0 aromatic heterocycles. The summed E-state index contributed by atoms with van der Waals surface area (Å²) < 4.78 is 0. The Morgan fingerprint density at radius 2 is 1.66 bits per heavy atom. The number of ketones is 1. The van der Waals surface area contributed by atoms with Crippen LogP contribution in [0.3, 0.4) is 0 Å². The number of primary amides is 1. The van der Waals surface area contributed by atoms with Crippen LogP contribution in [0.15, 0.2) is 43.0 Å². The van der Waals surface area contributed by atoms with E-state index in [0.29, 0.717) is 6.54 Å². The monoisotopic (exact) mass is 570 g/mol. The number of hydrogen-bond acceptors (Lipinski definition) is 6. The summed E-state index contributed by atoms with van der Waals surface area (Å²) in [6.07, 6.45) is 1.69. The molecule has 0 bridgehead atoms. The topological polar surface area (TPSA) is 180 Å². The first-order valence-corrected chi connectivity index (χ1v) is 13.6. The second kappa shape index (κ2) is 14.4. The molecule has 0 saturated carbocycles. The lowest BCUT2D eigenvalue weighted by Crippen LogP contribution is -2.60. The molecule has 1 saturated heterocycles. The first-order valence-electron chi connectivity index (χ1n) is 13.6. The van der Waals surface area contributed by atoms with Crippen LogP contribution in [0.4, 0.5) is 4.79 Å². The predicted molar refractivity (Wildman–Crippen MR) is 153 cm³/mol. The molecule has 1 aliphatic heterocycles. The Bertz CT molecular complexity index is 1150. The second-order valence-corrected chi connectivity index (χ2v) is 11.5. The highest BCUT2D eigenvalue weighted by atomic mass is 16.2. The average molecular weight is 571 g/mol. The van der Waals surface area contributed by atoms with Crippen molar-refractivity contribution < 1.29 is 28.8 Å². The number of rotatable bonds is 12. The molecule has 12 heteroatoms. The van der Waals surface area contributed by atoms with Crippen molar-refractivity contribution in [3.8, 4) is 0 Å². The number of Topliss-reactive ketones (excluding diaryl/α,β-unsaturated/α-hetero) is 1. The van der Waals surface area contributed by atoms with Gasteiger partial charge in [0.25, 0.3) is 5.91 Å². The van der Waals surface area contributed by atoms with E-state index in [1.807, 2.05) is 44.2 Å². The van der Waals surface area contributed by atoms with Crippen molar-refractivity contribution >= 4 is 35.4 Å². The summed E-state index contributed by atoms with van der Waals surface area (Å²) in [5, 5.41) is 10.3. The Morgan fingerprint density at radius 3 is 2.20 bits per heavy atom. The number of hydrogen-bond donors (Lipinski definition) is 5. The molecular formula is C29H42N6O6. The number of carbonyl (C=O) groups is 6. The van der Waals surface area contributed by atoms with E-state index in [-0.39, 0.29) is 30.8 Å². The van der Waals surface area contributed by atoms with Crippen molar-refractivity contribution in [2.24, 2.45) is 28.9 Å². The molecule has 1 fully saturated rings. The second-order valence-electron chi connectivity index (χ2n) is 11.5. The zero-order valence-electron chi connectivity index (χ0n) is 24.4. The molecule has 1 aromatic carbocycles. The maximum atomic E-state index is 14.0. The van der Waals surface area contributed by atoms with E-state index >= 15 is 0 Å². The number of nitrogens with two attached hydrogens (primary N) is 1. The van der Waals surface area contributed by atoms with Gasteiger partial charge in [0.2, 0.25) is 23.5 Å². The van der Waals surface area contributed by atoms with Gasteiger partial charge in [-0.1, -0.05) is 71.0 Å². The number of urea groups is 1. The van der Waals surface area contributed by atoms with Gasteiger partial charge in [0.15, 0.2) is 0 Å². The summed E-state index contributed by atoms with van der Waals surface area (Å²) in [6, 6.07) is 6.54. The van der Waals surface area contributed by atoms with E-state index < -0.39 is 59.5 Å². The zero-order chi connectivity index (χ0) is 30.9. The molecule has 2 rings (SSSR count). The highest BCUT2D eigenvalue weighted by Gasteiger charge is 2.50. The summed E-state index contributed by atoms with van der Waals surface area (Å²) >= 11 is 0. The smallest absolute Gasteiger partial charge is 0.315 e. The van der Waals surface area contributed by atoms with Crippen molar-refractivity contribution in [3.05, 3.63) is 48.6 Å². The van der Waals surface area contributed by atoms with E-state index in [1.165, 1.54) is 4.90 Å². The van der Waals surface area contributed by atoms with Crippen LogP contribution in [-0.2, 0) is 30.5 Å². The Morgan fingerprint density at radius 1 is 1.02 bits per heavy atom. The van der Waals surface area contributed by atoms with Crippen LogP contribution in [0.25, 0.3) is 0 Å². The van der Waals surface area contributed by atoms with Gasteiger partial charge in [-0.25, -0.2) is 4.79 Å². The van der Waals surface area contributed by atoms with Crippen LogP contribution in [0.1, 0.15) is 40.2 Å². The molecule has 1 heterocycles. The fraction of sp³-hybridized carbons (Fsp3) is 0.517. The number of nitrogens with one attached hydrogen (secondary N) is 4. The molecule has 224 valence electrons. The Kier molecular flexibility index (Phi) is 11.6. The standard InChI is InChI=1S/C29H42N6O6/c1-7-19-16-35(23(22(19)17(2)3)26(39)32-14-20(36)25(30)38)27(40)24(29(4,5)6)34-28(41)33-15-21(37)31-13-18-11-9-8-10-12-18/h7-12,17,19,22-24H,1,13-16H2,2-6H3,(H2,30,38)(H,31,37)(H,32,39)(H2,33,34,41)/t19-,22-,23-,24+/m0/s1. The Hall–Kier alpha value is -4.22. The zero-order valence-corrected chi connectivity index (χ0v) is 24.4. The van der Waals surface area contributed by atoms with Crippen LogP contribution in [0, 0.1) is 23.2 Å². The van der Waals surface area contributed by atoms with E-state index in [1.54, 1.807) is 26.8 Å². The minimum Gasteiger partial charge on any atom is -0.363 e. The van der Waals surface area contributed by atoms with Crippen molar-refractivity contribution in [2.45, 2.75) is 53.2 Å². The van der Waals surface area contributed by atoms with Crippen LogP contribution in [0.2, 0.25) is 0 Å². The molecule has 1 aliphatic rings. The predicted octanol–water partition coefficient (Wildman–Crippen LogP) is 0.473. The highest BCUT2D eigenvalue weighted by Crippen LogP contribution is 2.37. The number of amides is 6. The number of nitrogens with zero attached hydrogens (tertiary/aromatic N) is 1. The molecule has 1 aromatic rings. The van der Waals surface area contributed by atoms with Crippen LogP contribution < -0.4 is 27.0 Å². The van der Waals surface area contributed by atoms with Gasteiger partial charge in [0.05, 0.1) is 13.1 Å². The summed E-state index contributed by atoms with van der Waals surface area (Å²) in [7, 11) is 0. The highest BCUT2D eigenvalue weighted by molar-refractivity contribution is 6.36. The number of carbonyl (C=O) groups excluding carboxylic acids is 6. The van der Waals surface area contributed by atoms with Gasteiger partial charge >= 0.3 is 6.03 Å². The van der Waals surface area contributed by atoms with Gasteiger partial charge in [-0.15, -0.1) is 6.58 Å². The van der Waals surface area contributed by atoms with Crippen LogP contribution in [0.5, 0.6) is 0 Å². The summed E-state index contributed by atoms with van der Waals surface area (Å²) in [6.45, 7) is 12.6.